The van der Waals surface area contributed by atoms with Gasteiger partial charge < -0.3 is 9.47 Å². The van der Waals surface area contributed by atoms with Crippen molar-refractivity contribution in [1.29, 1.82) is 0 Å². The minimum Gasteiger partial charge on any atom is -0.481 e. The third kappa shape index (κ3) is 2.78. The predicted molar refractivity (Wildman–Crippen MR) is 91.4 cm³/mol. The molecule has 124 valence electrons. The molecule has 0 saturated heterocycles. The largest absolute Gasteiger partial charge is 0.481 e. The lowest BCUT2D eigenvalue weighted by atomic mass is 10.1. The average Bonchev–Trinajstić information content (AvgIpc) is 3.09. The summed E-state index contributed by atoms with van der Waals surface area (Å²) >= 11 is 0. The molecule has 0 amide bonds. The van der Waals surface area contributed by atoms with Gasteiger partial charge in [-0.25, -0.2) is 13.9 Å². The molecule has 0 aliphatic carbocycles. The fraction of sp³-hybridized carbons (Fsp3) is 0.0526. The van der Waals surface area contributed by atoms with Crippen molar-refractivity contribution in [3.63, 3.8) is 0 Å². The van der Waals surface area contributed by atoms with E-state index >= 15 is 0 Å². The van der Waals surface area contributed by atoms with Gasteiger partial charge >= 0.3 is 0 Å². The van der Waals surface area contributed by atoms with Crippen LogP contribution in [0.1, 0.15) is 0 Å². The standard InChI is InChI=1S/C19H14FN3O2/c1-24-18-7-6-13(12-21-18)14-9-11-23-19(14)17(8-10-22-23)25-16-5-3-2-4-15(16)20/h2-12H,1H3. The van der Waals surface area contributed by atoms with Crippen molar-refractivity contribution in [1.82, 2.24) is 14.6 Å². The van der Waals surface area contributed by atoms with E-state index in [0.717, 1.165) is 16.6 Å². The highest BCUT2D eigenvalue weighted by atomic mass is 19.1. The molecule has 0 atom stereocenters. The highest BCUT2D eigenvalue weighted by Gasteiger charge is 2.14. The zero-order valence-electron chi connectivity index (χ0n) is 13.4. The molecule has 4 aromatic rings. The smallest absolute Gasteiger partial charge is 0.212 e. The van der Waals surface area contributed by atoms with Crippen molar-refractivity contribution in [3.05, 3.63) is 72.9 Å². The van der Waals surface area contributed by atoms with E-state index in [2.05, 4.69) is 10.1 Å². The van der Waals surface area contributed by atoms with Gasteiger partial charge in [0.25, 0.3) is 0 Å². The van der Waals surface area contributed by atoms with Crippen LogP contribution in [0.4, 0.5) is 4.39 Å². The molecular weight excluding hydrogens is 321 g/mol. The SMILES string of the molecule is COc1ccc(-c2ccn3nccc(Oc4ccccc4F)c23)cn1. The van der Waals surface area contributed by atoms with Crippen LogP contribution in [-0.4, -0.2) is 21.7 Å². The first-order chi connectivity index (χ1) is 12.3. The summed E-state index contributed by atoms with van der Waals surface area (Å²) in [4.78, 5) is 4.24. The number of benzene rings is 1. The summed E-state index contributed by atoms with van der Waals surface area (Å²) in [6.07, 6.45) is 5.15. The summed E-state index contributed by atoms with van der Waals surface area (Å²) in [5, 5.41) is 4.28. The summed E-state index contributed by atoms with van der Waals surface area (Å²) in [6, 6.07) is 13.6. The molecule has 3 heterocycles. The molecule has 0 spiro atoms. The lowest BCUT2D eigenvalue weighted by Crippen LogP contribution is -1.95. The predicted octanol–water partition coefficient (Wildman–Crippen LogP) is 4.34. The van der Waals surface area contributed by atoms with Gasteiger partial charge in [-0.15, -0.1) is 0 Å². The Labute approximate surface area is 143 Å². The Hall–Kier alpha value is -3.41. The van der Waals surface area contributed by atoms with Gasteiger partial charge in [0.15, 0.2) is 17.3 Å². The summed E-state index contributed by atoms with van der Waals surface area (Å²) in [7, 11) is 1.57. The van der Waals surface area contributed by atoms with Crippen molar-refractivity contribution < 1.29 is 13.9 Å². The summed E-state index contributed by atoms with van der Waals surface area (Å²) in [6.45, 7) is 0. The minimum atomic E-state index is -0.420. The van der Waals surface area contributed by atoms with Crippen LogP contribution in [0.2, 0.25) is 0 Å². The Morgan fingerprint density at radius 2 is 1.88 bits per heavy atom. The molecule has 0 aliphatic rings. The molecule has 0 unspecified atom stereocenters. The van der Waals surface area contributed by atoms with E-state index in [-0.39, 0.29) is 5.75 Å². The van der Waals surface area contributed by atoms with Crippen molar-refractivity contribution in [2.75, 3.05) is 7.11 Å². The van der Waals surface area contributed by atoms with Crippen LogP contribution >= 0.6 is 0 Å². The monoisotopic (exact) mass is 335 g/mol. The van der Waals surface area contributed by atoms with Crippen LogP contribution in [0, 0.1) is 5.82 Å². The zero-order chi connectivity index (χ0) is 17.2. The number of nitrogens with zero attached hydrogens (tertiary/aromatic N) is 3. The second kappa shape index (κ2) is 6.24. The van der Waals surface area contributed by atoms with Crippen LogP contribution in [0.5, 0.6) is 17.4 Å². The first-order valence-electron chi connectivity index (χ1n) is 7.65. The number of hydrogen-bond acceptors (Lipinski definition) is 4. The van der Waals surface area contributed by atoms with E-state index in [1.165, 1.54) is 6.07 Å². The van der Waals surface area contributed by atoms with Crippen LogP contribution in [0.15, 0.2) is 67.1 Å². The number of ether oxygens (including phenoxy) is 2. The number of para-hydroxylation sites is 1. The van der Waals surface area contributed by atoms with Crippen LogP contribution in [0.25, 0.3) is 16.6 Å². The Bertz CT molecular complexity index is 1030. The number of halogens is 1. The lowest BCUT2D eigenvalue weighted by molar-refractivity contribution is 0.398. The van der Waals surface area contributed by atoms with E-state index in [0.29, 0.717) is 11.6 Å². The van der Waals surface area contributed by atoms with Crippen LogP contribution in [0.3, 0.4) is 0 Å². The van der Waals surface area contributed by atoms with Gasteiger partial charge in [-0.1, -0.05) is 12.1 Å². The van der Waals surface area contributed by atoms with Gasteiger partial charge in [0, 0.05) is 35.7 Å². The van der Waals surface area contributed by atoms with Gasteiger partial charge in [0.1, 0.15) is 5.52 Å². The third-order valence-electron chi connectivity index (χ3n) is 3.83. The van der Waals surface area contributed by atoms with Crippen LogP contribution in [-0.2, 0) is 0 Å². The fourth-order valence-corrected chi connectivity index (χ4v) is 2.64. The lowest BCUT2D eigenvalue weighted by Gasteiger charge is -2.10. The zero-order valence-corrected chi connectivity index (χ0v) is 13.4. The molecule has 0 saturated carbocycles. The number of hydrogen-bond donors (Lipinski definition) is 0. The van der Waals surface area contributed by atoms with Crippen LogP contribution < -0.4 is 9.47 Å². The van der Waals surface area contributed by atoms with Gasteiger partial charge in [0.05, 0.1) is 13.3 Å². The number of aromatic nitrogens is 3. The third-order valence-corrected chi connectivity index (χ3v) is 3.83. The first-order valence-corrected chi connectivity index (χ1v) is 7.65. The molecule has 0 aliphatic heterocycles. The molecule has 0 fully saturated rings. The van der Waals surface area contributed by atoms with E-state index in [1.54, 1.807) is 54.4 Å². The molecular formula is C19H14FN3O2. The normalized spacial score (nSPS) is 10.8. The Kier molecular flexibility index (Phi) is 3.78. The molecule has 3 aromatic heterocycles. The summed E-state index contributed by atoms with van der Waals surface area (Å²) < 4.78 is 26.5. The minimum absolute atomic E-state index is 0.163. The topological polar surface area (TPSA) is 48.7 Å². The van der Waals surface area contributed by atoms with Gasteiger partial charge in [-0.05, 0) is 24.3 Å². The quantitative estimate of drug-likeness (QED) is 0.557. The molecule has 6 heteroatoms. The van der Waals surface area contributed by atoms with E-state index < -0.39 is 5.82 Å². The van der Waals surface area contributed by atoms with Crippen molar-refractivity contribution in [2.45, 2.75) is 0 Å². The van der Waals surface area contributed by atoms with E-state index in [9.17, 15) is 4.39 Å². The van der Waals surface area contributed by atoms with Crippen molar-refractivity contribution >= 4 is 5.52 Å². The Morgan fingerprint density at radius 1 is 1.00 bits per heavy atom. The number of fused-ring (bicyclic) bond motifs is 1. The highest BCUT2D eigenvalue weighted by Crippen LogP contribution is 2.34. The maximum atomic E-state index is 13.9. The van der Waals surface area contributed by atoms with Gasteiger partial charge in [-0.3, -0.25) is 0 Å². The molecule has 0 bridgehead atoms. The maximum absolute atomic E-state index is 13.9. The van der Waals surface area contributed by atoms with Crippen molar-refractivity contribution in [2.24, 2.45) is 0 Å². The summed E-state index contributed by atoms with van der Waals surface area (Å²) in [5.41, 5.74) is 2.50. The maximum Gasteiger partial charge on any atom is 0.212 e. The molecule has 5 nitrogen and oxygen atoms in total. The fourth-order valence-electron chi connectivity index (χ4n) is 2.64. The number of pyridine rings is 1. The second-order valence-electron chi connectivity index (χ2n) is 5.34. The molecule has 0 N–H and O–H groups in total. The molecule has 25 heavy (non-hydrogen) atoms. The van der Waals surface area contributed by atoms with Crippen molar-refractivity contribution in [3.8, 4) is 28.5 Å². The first kappa shape index (κ1) is 15.1. The van der Waals surface area contributed by atoms with E-state index in [1.807, 2.05) is 18.3 Å². The Balaban J connectivity index is 1.82. The van der Waals surface area contributed by atoms with Gasteiger partial charge in [0.2, 0.25) is 5.88 Å². The molecule has 1 aromatic carbocycles. The van der Waals surface area contributed by atoms with Gasteiger partial charge in [-0.2, -0.15) is 5.10 Å². The number of methoxy groups -OCH3 is 1. The molecule has 0 radical (unpaired) electrons. The second-order valence-corrected chi connectivity index (χ2v) is 5.34. The number of rotatable bonds is 4. The highest BCUT2D eigenvalue weighted by molar-refractivity contribution is 5.85. The summed E-state index contributed by atoms with van der Waals surface area (Å²) in [5.74, 6) is 0.788. The average molecular weight is 335 g/mol. The Morgan fingerprint density at radius 3 is 2.64 bits per heavy atom. The van der Waals surface area contributed by atoms with E-state index in [4.69, 9.17) is 9.47 Å². The molecule has 4 rings (SSSR count).